The van der Waals surface area contributed by atoms with Crippen LogP contribution in [0.1, 0.15) is 12.8 Å². The van der Waals surface area contributed by atoms with Crippen LogP contribution in [0, 0.1) is 0 Å². The molecule has 0 atom stereocenters. The van der Waals surface area contributed by atoms with Crippen LogP contribution < -0.4 is 5.32 Å². The van der Waals surface area contributed by atoms with Crippen molar-refractivity contribution in [1.82, 2.24) is 4.31 Å². The average Bonchev–Trinajstić information content (AvgIpc) is 3.04. The standard InChI is InChI=1S/C15H17BrN2O3S2/c1-18(23(20,21)15-5-3-11-22-15)10-2-4-14(19)17-13-8-6-12(16)7-9-13/h3,5-9,11H,2,4,10H2,1H3,(H,17,19). The van der Waals surface area contributed by atoms with Crippen LogP contribution >= 0.6 is 27.3 Å². The summed E-state index contributed by atoms with van der Waals surface area (Å²) in [5.74, 6) is -0.130. The molecule has 0 unspecified atom stereocenters. The van der Waals surface area contributed by atoms with Crippen LogP contribution in [-0.4, -0.2) is 32.2 Å². The Hall–Kier alpha value is -1.22. The van der Waals surface area contributed by atoms with Gasteiger partial charge in [0, 0.05) is 30.2 Å². The van der Waals surface area contributed by atoms with Crippen LogP contribution in [-0.2, 0) is 14.8 Å². The number of nitrogens with one attached hydrogen (secondary N) is 1. The van der Waals surface area contributed by atoms with E-state index < -0.39 is 10.0 Å². The Labute approximate surface area is 148 Å². The zero-order valence-corrected chi connectivity index (χ0v) is 15.7. The van der Waals surface area contributed by atoms with Gasteiger partial charge in [-0.25, -0.2) is 12.7 Å². The number of thiophene rings is 1. The Morgan fingerprint density at radius 1 is 1.26 bits per heavy atom. The molecule has 0 aliphatic heterocycles. The molecule has 0 saturated carbocycles. The number of nitrogens with zero attached hydrogens (tertiary/aromatic N) is 1. The highest BCUT2D eigenvalue weighted by atomic mass is 79.9. The van der Waals surface area contributed by atoms with Gasteiger partial charge in [0.25, 0.3) is 10.0 Å². The van der Waals surface area contributed by atoms with Gasteiger partial charge in [0.15, 0.2) is 0 Å². The zero-order valence-electron chi connectivity index (χ0n) is 12.5. The molecule has 0 aliphatic rings. The van der Waals surface area contributed by atoms with Crippen molar-refractivity contribution in [2.24, 2.45) is 0 Å². The summed E-state index contributed by atoms with van der Waals surface area (Å²) in [5.41, 5.74) is 0.720. The van der Waals surface area contributed by atoms with Gasteiger partial charge >= 0.3 is 0 Å². The molecule has 0 aliphatic carbocycles. The van der Waals surface area contributed by atoms with Crippen molar-refractivity contribution in [3.05, 3.63) is 46.3 Å². The molecule has 0 spiro atoms. The summed E-state index contributed by atoms with van der Waals surface area (Å²) in [6.45, 7) is 0.300. The zero-order chi connectivity index (χ0) is 16.9. The third-order valence-corrected chi connectivity index (χ3v) is 6.92. The summed E-state index contributed by atoms with van der Waals surface area (Å²) in [5, 5.41) is 4.51. The number of halogens is 1. The first-order valence-corrected chi connectivity index (χ1v) is 10.1. The third-order valence-electron chi connectivity index (χ3n) is 3.16. The molecule has 0 fully saturated rings. The second-order valence-electron chi connectivity index (χ2n) is 4.92. The van der Waals surface area contributed by atoms with E-state index >= 15 is 0 Å². The summed E-state index contributed by atoms with van der Waals surface area (Å²) < 4.78 is 27.0. The highest BCUT2D eigenvalue weighted by Crippen LogP contribution is 2.20. The van der Waals surface area contributed by atoms with Gasteiger partial charge in [-0.3, -0.25) is 4.79 Å². The van der Waals surface area contributed by atoms with E-state index in [0.717, 1.165) is 10.2 Å². The Morgan fingerprint density at radius 2 is 1.96 bits per heavy atom. The van der Waals surface area contributed by atoms with Crippen LogP contribution in [0.2, 0.25) is 0 Å². The number of carbonyl (C=O) groups is 1. The summed E-state index contributed by atoms with van der Waals surface area (Å²) in [6.07, 6.45) is 0.726. The molecule has 1 amide bonds. The van der Waals surface area contributed by atoms with Crippen molar-refractivity contribution in [1.29, 1.82) is 0 Å². The Bertz CT molecular complexity index is 744. The first-order chi connectivity index (χ1) is 10.9. The van der Waals surface area contributed by atoms with Crippen LogP contribution in [0.15, 0.2) is 50.5 Å². The maximum Gasteiger partial charge on any atom is 0.252 e. The van der Waals surface area contributed by atoms with Crippen LogP contribution in [0.3, 0.4) is 0 Å². The number of rotatable bonds is 7. The molecule has 0 saturated heterocycles. The van der Waals surface area contributed by atoms with E-state index in [1.54, 1.807) is 29.6 Å². The highest BCUT2D eigenvalue weighted by Gasteiger charge is 2.21. The molecule has 0 radical (unpaired) electrons. The number of sulfonamides is 1. The van der Waals surface area contributed by atoms with E-state index in [1.165, 1.54) is 22.7 Å². The molecule has 1 aromatic heterocycles. The molecule has 2 aromatic rings. The number of hydrogen-bond acceptors (Lipinski definition) is 4. The lowest BCUT2D eigenvalue weighted by Crippen LogP contribution is -2.28. The fourth-order valence-corrected chi connectivity index (χ4v) is 4.58. The van der Waals surface area contributed by atoms with E-state index in [-0.39, 0.29) is 12.3 Å². The number of benzene rings is 1. The number of hydrogen-bond donors (Lipinski definition) is 1. The number of amides is 1. The van der Waals surface area contributed by atoms with Crippen molar-refractivity contribution < 1.29 is 13.2 Å². The van der Waals surface area contributed by atoms with Gasteiger partial charge in [-0.05, 0) is 42.1 Å². The molecule has 5 nitrogen and oxygen atoms in total. The maximum atomic E-state index is 12.2. The summed E-state index contributed by atoms with van der Waals surface area (Å²) in [4.78, 5) is 11.9. The molecule has 8 heteroatoms. The Balaban J connectivity index is 1.80. The normalized spacial score (nSPS) is 11.6. The van der Waals surface area contributed by atoms with Crippen molar-refractivity contribution in [2.75, 3.05) is 18.9 Å². The Kier molecular flexibility index (Phi) is 6.34. The van der Waals surface area contributed by atoms with E-state index in [2.05, 4.69) is 21.2 Å². The maximum absolute atomic E-state index is 12.2. The lowest BCUT2D eigenvalue weighted by Gasteiger charge is -2.15. The predicted octanol–water partition coefficient (Wildman–Crippen LogP) is 3.55. The molecular formula is C15H17BrN2O3S2. The quantitative estimate of drug-likeness (QED) is 0.750. The lowest BCUT2D eigenvalue weighted by atomic mass is 10.2. The van der Waals surface area contributed by atoms with E-state index in [9.17, 15) is 13.2 Å². The fraction of sp³-hybridized carbons (Fsp3) is 0.267. The molecule has 2 rings (SSSR count). The van der Waals surface area contributed by atoms with Crippen LogP contribution in [0.5, 0.6) is 0 Å². The molecule has 23 heavy (non-hydrogen) atoms. The Morgan fingerprint density at radius 3 is 2.57 bits per heavy atom. The second-order valence-corrected chi connectivity index (χ2v) is 9.05. The molecule has 1 heterocycles. The van der Waals surface area contributed by atoms with Crippen LogP contribution in [0.25, 0.3) is 0 Å². The molecular weight excluding hydrogens is 400 g/mol. The monoisotopic (exact) mass is 416 g/mol. The smallest absolute Gasteiger partial charge is 0.252 e. The topological polar surface area (TPSA) is 66.5 Å². The van der Waals surface area contributed by atoms with E-state index in [4.69, 9.17) is 0 Å². The molecule has 0 bridgehead atoms. The minimum atomic E-state index is -3.44. The van der Waals surface area contributed by atoms with Crippen molar-refractivity contribution in [3.8, 4) is 0 Å². The predicted molar refractivity (Wildman–Crippen MR) is 96.1 cm³/mol. The molecule has 124 valence electrons. The largest absolute Gasteiger partial charge is 0.326 e. The van der Waals surface area contributed by atoms with Gasteiger partial charge in [0.1, 0.15) is 4.21 Å². The number of carbonyl (C=O) groups excluding carboxylic acids is 1. The van der Waals surface area contributed by atoms with Gasteiger partial charge < -0.3 is 5.32 Å². The summed E-state index contributed by atoms with van der Waals surface area (Å²) >= 11 is 4.52. The van der Waals surface area contributed by atoms with Gasteiger partial charge in [-0.1, -0.05) is 22.0 Å². The highest BCUT2D eigenvalue weighted by molar-refractivity contribution is 9.10. The van der Waals surface area contributed by atoms with Gasteiger partial charge in [-0.2, -0.15) is 0 Å². The minimum absolute atomic E-state index is 0.130. The summed E-state index contributed by atoms with van der Waals surface area (Å²) in [6, 6.07) is 10.6. The van der Waals surface area contributed by atoms with Crippen LogP contribution in [0.4, 0.5) is 5.69 Å². The lowest BCUT2D eigenvalue weighted by molar-refractivity contribution is -0.116. The fourth-order valence-electron chi connectivity index (χ4n) is 1.90. The van der Waals surface area contributed by atoms with Gasteiger partial charge in [0.05, 0.1) is 0 Å². The number of anilines is 1. The first kappa shape index (κ1) is 18.1. The van der Waals surface area contributed by atoms with Crippen molar-refractivity contribution in [2.45, 2.75) is 17.1 Å². The van der Waals surface area contributed by atoms with Crippen molar-refractivity contribution >= 4 is 48.9 Å². The van der Waals surface area contributed by atoms with E-state index in [1.807, 2.05) is 12.1 Å². The van der Waals surface area contributed by atoms with E-state index in [0.29, 0.717) is 17.2 Å². The SMILES string of the molecule is CN(CCCC(=O)Nc1ccc(Br)cc1)S(=O)(=O)c1cccs1. The average molecular weight is 417 g/mol. The van der Waals surface area contributed by atoms with Gasteiger partial charge in [0.2, 0.25) is 5.91 Å². The van der Waals surface area contributed by atoms with Crippen molar-refractivity contribution in [3.63, 3.8) is 0 Å². The molecule has 1 N–H and O–H groups in total. The third kappa shape index (κ3) is 5.13. The summed E-state index contributed by atoms with van der Waals surface area (Å²) in [7, 11) is -1.91. The minimum Gasteiger partial charge on any atom is -0.326 e. The first-order valence-electron chi connectivity index (χ1n) is 6.95. The molecule has 1 aromatic carbocycles. The van der Waals surface area contributed by atoms with Gasteiger partial charge in [-0.15, -0.1) is 11.3 Å². The second kappa shape index (κ2) is 8.05.